The van der Waals surface area contributed by atoms with Crippen molar-refractivity contribution < 1.29 is 14.3 Å². The Balaban J connectivity index is 1.59. The van der Waals surface area contributed by atoms with E-state index >= 15 is 0 Å². The highest BCUT2D eigenvalue weighted by molar-refractivity contribution is 5.95. The van der Waals surface area contributed by atoms with Crippen LogP contribution in [0.4, 0.5) is 11.4 Å². The number of rotatable bonds is 5. The molecule has 0 unspecified atom stereocenters. The van der Waals surface area contributed by atoms with Crippen LogP contribution in [0.3, 0.4) is 0 Å². The van der Waals surface area contributed by atoms with E-state index < -0.39 is 0 Å². The predicted molar refractivity (Wildman–Crippen MR) is 93.4 cm³/mol. The second kappa shape index (κ2) is 7.17. The number of esters is 1. The van der Waals surface area contributed by atoms with E-state index in [1.54, 1.807) is 31.2 Å². The first-order chi connectivity index (χ1) is 11.7. The van der Waals surface area contributed by atoms with E-state index in [4.69, 9.17) is 4.74 Å². The summed E-state index contributed by atoms with van der Waals surface area (Å²) < 4.78 is 4.94. The van der Waals surface area contributed by atoms with Gasteiger partial charge in [0.05, 0.1) is 18.7 Å². The highest BCUT2D eigenvalue weighted by atomic mass is 16.5. The molecule has 0 aromatic heterocycles. The zero-order valence-electron chi connectivity index (χ0n) is 13.6. The number of hydrogen-bond acceptors (Lipinski definition) is 4. The molecule has 1 aliphatic rings. The molecule has 1 heterocycles. The average Bonchev–Trinajstić information content (AvgIpc) is 2.99. The maximum absolute atomic E-state index is 12.3. The van der Waals surface area contributed by atoms with Crippen LogP contribution in [0, 0.1) is 0 Å². The fourth-order valence-electron chi connectivity index (χ4n) is 2.85. The molecule has 5 nitrogen and oxygen atoms in total. The lowest BCUT2D eigenvalue weighted by atomic mass is 10.2. The van der Waals surface area contributed by atoms with E-state index in [0.29, 0.717) is 24.4 Å². The van der Waals surface area contributed by atoms with E-state index in [1.807, 2.05) is 18.2 Å². The summed E-state index contributed by atoms with van der Waals surface area (Å²) >= 11 is 0. The minimum atomic E-state index is -0.357. The van der Waals surface area contributed by atoms with Crippen LogP contribution in [0.15, 0.2) is 48.5 Å². The van der Waals surface area contributed by atoms with Gasteiger partial charge in [0, 0.05) is 17.9 Å². The molecule has 0 saturated carbocycles. The summed E-state index contributed by atoms with van der Waals surface area (Å²) in [4.78, 5) is 25.9. The van der Waals surface area contributed by atoms with Gasteiger partial charge in [-0.25, -0.2) is 4.79 Å². The summed E-state index contributed by atoms with van der Waals surface area (Å²) in [5.74, 6) is -0.431. The van der Waals surface area contributed by atoms with Crippen molar-refractivity contribution in [1.29, 1.82) is 0 Å². The molecular formula is C19H20N2O3. The van der Waals surface area contributed by atoms with Gasteiger partial charge in [0.15, 0.2) is 0 Å². The van der Waals surface area contributed by atoms with Crippen LogP contribution in [-0.4, -0.2) is 31.6 Å². The summed E-state index contributed by atoms with van der Waals surface area (Å²) in [6.45, 7) is 3.28. The highest BCUT2D eigenvalue weighted by Crippen LogP contribution is 2.27. The lowest BCUT2D eigenvalue weighted by molar-refractivity contribution is -0.115. The van der Waals surface area contributed by atoms with E-state index in [1.165, 1.54) is 5.56 Å². The van der Waals surface area contributed by atoms with Crippen LogP contribution in [-0.2, 0) is 16.0 Å². The SMILES string of the molecule is CCOC(=O)c1ccc(NC(=O)CN2CCc3ccccc32)cc1. The van der Waals surface area contributed by atoms with Crippen molar-refractivity contribution in [3.8, 4) is 0 Å². The molecule has 24 heavy (non-hydrogen) atoms. The highest BCUT2D eigenvalue weighted by Gasteiger charge is 2.20. The lowest BCUT2D eigenvalue weighted by Crippen LogP contribution is -2.31. The van der Waals surface area contributed by atoms with Crippen LogP contribution in [0.25, 0.3) is 0 Å². The Morgan fingerprint density at radius 1 is 1.12 bits per heavy atom. The van der Waals surface area contributed by atoms with Gasteiger partial charge in [-0.3, -0.25) is 4.79 Å². The first-order valence-corrected chi connectivity index (χ1v) is 8.07. The molecule has 2 aromatic rings. The molecular weight excluding hydrogens is 304 g/mol. The average molecular weight is 324 g/mol. The maximum atomic E-state index is 12.3. The van der Waals surface area contributed by atoms with Crippen LogP contribution in [0.2, 0.25) is 0 Å². The van der Waals surface area contributed by atoms with Gasteiger partial charge in [-0.2, -0.15) is 0 Å². The third-order valence-electron chi connectivity index (χ3n) is 4.00. The van der Waals surface area contributed by atoms with Gasteiger partial charge in [-0.05, 0) is 49.2 Å². The Bertz CT molecular complexity index is 741. The zero-order chi connectivity index (χ0) is 16.9. The van der Waals surface area contributed by atoms with Crippen molar-refractivity contribution in [3.05, 3.63) is 59.7 Å². The number of carbonyl (C=O) groups is 2. The second-order valence-corrected chi connectivity index (χ2v) is 5.65. The Labute approximate surface area is 141 Å². The van der Waals surface area contributed by atoms with Gasteiger partial charge < -0.3 is 15.0 Å². The number of hydrogen-bond donors (Lipinski definition) is 1. The predicted octanol–water partition coefficient (Wildman–Crippen LogP) is 2.86. The van der Waals surface area contributed by atoms with Crippen molar-refractivity contribution in [3.63, 3.8) is 0 Å². The van der Waals surface area contributed by atoms with E-state index in [9.17, 15) is 9.59 Å². The first-order valence-electron chi connectivity index (χ1n) is 8.07. The number of nitrogens with one attached hydrogen (secondary N) is 1. The summed E-state index contributed by atoms with van der Waals surface area (Å²) in [6.07, 6.45) is 0.970. The van der Waals surface area contributed by atoms with Crippen molar-refractivity contribution in [2.75, 3.05) is 29.9 Å². The van der Waals surface area contributed by atoms with E-state index in [-0.39, 0.29) is 11.9 Å². The number of amides is 1. The number of fused-ring (bicyclic) bond motifs is 1. The summed E-state index contributed by atoms with van der Waals surface area (Å²) in [5.41, 5.74) is 3.55. The zero-order valence-corrected chi connectivity index (χ0v) is 13.6. The Kier molecular flexibility index (Phi) is 4.79. The number of para-hydroxylation sites is 1. The van der Waals surface area contributed by atoms with Gasteiger partial charge in [0.1, 0.15) is 0 Å². The molecule has 124 valence electrons. The monoisotopic (exact) mass is 324 g/mol. The molecule has 0 aliphatic carbocycles. The molecule has 0 radical (unpaired) electrons. The van der Waals surface area contributed by atoms with Crippen molar-refractivity contribution >= 4 is 23.3 Å². The fourth-order valence-corrected chi connectivity index (χ4v) is 2.85. The lowest BCUT2D eigenvalue weighted by Gasteiger charge is -2.18. The van der Waals surface area contributed by atoms with Crippen LogP contribution in [0.1, 0.15) is 22.8 Å². The van der Waals surface area contributed by atoms with Crippen molar-refractivity contribution in [1.82, 2.24) is 0 Å². The number of anilines is 2. The quantitative estimate of drug-likeness (QED) is 0.859. The minimum Gasteiger partial charge on any atom is -0.462 e. The number of nitrogens with zero attached hydrogens (tertiary/aromatic N) is 1. The molecule has 5 heteroatoms. The fraction of sp³-hybridized carbons (Fsp3) is 0.263. The minimum absolute atomic E-state index is 0.0735. The molecule has 3 rings (SSSR count). The Morgan fingerprint density at radius 3 is 2.62 bits per heavy atom. The molecule has 0 atom stereocenters. The maximum Gasteiger partial charge on any atom is 0.338 e. The third kappa shape index (κ3) is 3.56. The molecule has 1 N–H and O–H groups in total. The largest absolute Gasteiger partial charge is 0.462 e. The normalized spacial score (nSPS) is 12.6. The summed E-state index contributed by atoms with van der Waals surface area (Å²) in [6, 6.07) is 14.9. The Morgan fingerprint density at radius 2 is 1.88 bits per heavy atom. The van der Waals surface area contributed by atoms with Crippen molar-refractivity contribution in [2.45, 2.75) is 13.3 Å². The summed E-state index contributed by atoms with van der Waals surface area (Å²) in [7, 11) is 0. The van der Waals surface area contributed by atoms with Gasteiger partial charge in [0.2, 0.25) is 5.91 Å². The second-order valence-electron chi connectivity index (χ2n) is 5.65. The van der Waals surface area contributed by atoms with Gasteiger partial charge in [0.25, 0.3) is 0 Å². The third-order valence-corrected chi connectivity index (χ3v) is 4.00. The molecule has 1 amide bonds. The molecule has 0 fully saturated rings. The van der Waals surface area contributed by atoms with Gasteiger partial charge >= 0.3 is 5.97 Å². The topological polar surface area (TPSA) is 58.6 Å². The molecule has 2 aromatic carbocycles. The molecule has 0 spiro atoms. The molecule has 0 bridgehead atoms. The van der Waals surface area contributed by atoms with Gasteiger partial charge in [-0.15, -0.1) is 0 Å². The Hall–Kier alpha value is -2.82. The number of benzene rings is 2. The standard InChI is InChI=1S/C19H20N2O3/c1-2-24-19(23)15-7-9-16(10-8-15)20-18(22)13-21-12-11-14-5-3-4-6-17(14)21/h3-10H,2,11-13H2,1H3,(H,20,22). The molecule has 1 aliphatic heterocycles. The number of ether oxygens (including phenoxy) is 1. The number of carbonyl (C=O) groups excluding carboxylic acids is 2. The smallest absolute Gasteiger partial charge is 0.338 e. The van der Waals surface area contributed by atoms with Gasteiger partial charge in [-0.1, -0.05) is 18.2 Å². The van der Waals surface area contributed by atoms with Crippen LogP contribution < -0.4 is 10.2 Å². The van der Waals surface area contributed by atoms with E-state index in [2.05, 4.69) is 16.3 Å². The first kappa shape index (κ1) is 16.1. The van der Waals surface area contributed by atoms with Crippen molar-refractivity contribution in [2.24, 2.45) is 0 Å². The van der Waals surface area contributed by atoms with E-state index in [0.717, 1.165) is 18.7 Å². The molecule has 0 saturated heterocycles. The summed E-state index contributed by atoms with van der Waals surface area (Å²) in [5, 5.41) is 2.87. The van der Waals surface area contributed by atoms with Crippen LogP contribution >= 0.6 is 0 Å². The van der Waals surface area contributed by atoms with Crippen LogP contribution in [0.5, 0.6) is 0 Å².